The number of hydrogen-bond donors (Lipinski definition) is 0. The minimum Gasteiger partial charge on any atom is -0.450 e. The summed E-state index contributed by atoms with van der Waals surface area (Å²) in [6, 6.07) is 10.3. The molecule has 0 unspecified atom stereocenters. The molecule has 1 aliphatic heterocycles. The molecule has 0 atom stereocenters. The molecule has 1 aromatic carbocycles. The standard InChI is InChI=1S/C17H21N3O2/c1-3-22-17(21)20-10-8-19(9-11-20)16-13(2)12-14-6-4-5-7-15(14)18-16/h4-7,12H,3,8-11H2,1-2H3. The lowest BCUT2D eigenvalue weighted by Gasteiger charge is -2.35. The van der Waals surface area contributed by atoms with Crippen molar-refractivity contribution in [2.45, 2.75) is 13.8 Å². The van der Waals surface area contributed by atoms with E-state index in [1.165, 1.54) is 5.56 Å². The Labute approximate surface area is 130 Å². The first-order valence-corrected chi connectivity index (χ1v) is 7.72. The molecule has 116 valence electrons. The van der Waals surface area contributed by atoms with Crippen molar-refractivity contribution in [2.75, 3.05) is 37.7 Å². The molecule has 1 saturated heterocycles. The molecule has 1 aliphatic rings. The second-order valence-corrected chi connectivity index (χ2v) is 5.49. The van der Waals surface area contributed by atoms with Gasteiger partial charge >= 0.3 is 6.09 Å². The van der Waals surface area contributed by atoms with E-state index in [1.807, 2.05) is 25.1 Å². The van der Waals surface area contributed by atoms with E-state index < -0.39 is 0 Å². The van der Waals surface area contributed by atoms with E-state index in [4.69, 9.17) is 9.72 Å². The van der Waals surface area contributed by atoms with Crippen LogP contribution in [-0.2, 0) is 4.74 Å². The van der Waals surface area contributed by atoms with Gasteiger partial charge in [-0.25, -0.2) is 9.78 Å². The second-order valence-electron chi connectivity index (χ2n) is 5.49. The van der Waals surface area contributed by atoms with Gasteiger partial charge in [0.15, 0.2) is 0 Å². The molecule has 1 aromatic heterocycles. The van der Waals surface area contributed by atoms with Crippen LogP contribution in [-0.4, -0.2) is 48.8 Å². The van der Waals surface area contributed by atoms with Gasteiger partial charge in [0.2, 0.25) is 0 Å². The number of hydrogen-bond acceptors (Lipinski definition) is 4. The van der Waals surface area contributed by atoms with Crippen LogP contribution in [0.15, 0.2) is 30.3 Å². The van der Waals surface area contributed by atoms with E-state index in [0.29, 0.717) is 19.7 Å². The molecular weight excluding hydrogens is 278 g/mol. The van der Waals surface area contributed by atoms with Gasteiger partial charge in [-0.15, -0.1) is 0 Å². The highest BCUT2D eigenvalue weighted by molar-refractivity contribution is 5.81. The molecule has 0 radical (unpaired) electrons. The van der Waals surface area contributed by atoms with Gasteiger partial charge in [-0.05, 0) is 31.5 Å². The SMILES string of the molecule is CCOC(=O)N1CCN(c2nc3ccccc3cc2C)CC1. The van der Waals surface area contributed by atoms with Crippen LogP contribution in [0.3, 0.4) is 0 Å². The highest BCUT2D eigenvalue weighted by Gasteiger charge is 2.23. The third-order valence-corrected chi connectivity index (χ3v) is 3.99. The summed E-state index contributed by atoms with van der Waals surface area (Å²) in [6.45, 7) is 7.25. The van der Waals surface area contributed by atoms with Crippen molar-refractivity contribution in [3.63, 3.8) is 0 Å². The monoisotopic (exact) mass is 299 g/mol. The van der Waals surface area contributed by atoms with E-state index in [-0.39, 0.29) is 6.09 Å². The summed E-state index contributed by atoms with van der Waals surface area (Å²) in [5.41, 5.74) is 2.18. The summed E-state index contributed by atoms with van der Waals surface area (Å²) in [7, 11) is 0. The fourth-order valence-electron chi connectivity index (χ4n) is 2.85. The van der Waals surface area contributed by atoms with E-state index in [2.05, 4.69) is 24.0 Å². The number of amides is 1. The van der Waals surface area contributed by atoms with Crippen molar-refractivity contribution >= 4 is 22.8 Å². The second kappa shape index (κ2) is 6.22. The summed E-state index contributed by atoms with van der Waals surface area (Å²) < 4.78 is 5.06. The zero-order chi connectivity index (χ0) is 15.5. The van der Waals surface area contributed by atoms with Gasteiger partial charge in [0, 0.05) is 31.6 Å². The Morgan fingerprint density at radius 3 is 2.68 bits per heavy atom. The van der Waals surface area contributed by atoms with Crippen molar-refractivity contribution in [2.24, 2.45) is 0 Å². The number of carbonyl (C=O) groups is 1. The van der Waals surface area contributed by atoms with Gasteiger partial charge in [0.05, 0.1) is 12.1 Å². The van der Waals surface area contributed by atoms with Crippen LogP contribution in [0.25, 0.3) is 10.9 Å². The molecule has 2 aromatic rings. The number of benzene rings is 1. The first-order chi connectivity index (χ1) is 10.7. The molecule has 22 heavy (non-hydrogen) atoms. The Bertz CT molecular complexity index is 679. The number of nitrogens with zero attached hydrogens (tertiary/aromatic N) is 3. The molecule has 0 aliphatic carbocycles. The summed E-state index contributed by atoms with van der Waals surface area (Å²) in [5.74, 6) is 1.02. The normalized spacial score (nSPS) is 15.2. The first kappa shape index (κ1) is 14.6. The lowest BCUT2D eigenvalue weighted by atomic mass is 10.1. The van der Waals surface area contributed by atoms with Crippen LogP contribution in [0.4, 0.5) is 10.6 Å². The van der Waals surface area contributed by atoms with Crippen LogP contribution >= 0.6 is 0 Å². The highest BCUT2D eigenvalue weighted by atomic mass is 16.6. The molecule has 0 saturated carbocycles. The molecule has 2 heterocycles. The lowest BCUT2D eigenvalue weighted by molar-refractivity contribution is 0.105. The Hall–Kier alpha value is -2.30. The zero-order valence-corrected chi connectivity index (χ0v) is 13.1. The maximum atomic E-state index is 11.8. The summed E-state index contributed by atoms with van der Waals surface area (Å²) in [4.78, 5) is 20.6. The largest absolute Gasteiger partial charge is 0.450 e. The van der Waals surface area contributed by atoms with Crippen LogP contribution in [0.5, 0.6) is 0 Å². The fourth-order valence-corrected chi connectivity index (χ4v) is 2.85. The number of pyridine rings is 1. The summed E-state index contributed by atoms with van der Waals surface area (Å²) in [5, 5.41) is 1.16. The summed E-state index contributed by atoms with van der Waals surface area (Å²) >= 11 is 0. The van der Waals surface area contributed by atoms with Gasteiger partial charge in [-0.2, -0.15) is 0 Å². The molecule has 1 fully saturated rings. The van der Waals surface area contributed by atoms with Crippen molar-refractivity contribution < 1.29 is 9.53 Å². The predicted octanol–water partition coefficient (Wildman–Crippen LogP) is 2.82. The molecule has 0 bridgehead atoms. The van der Waals surface area contributed by atoms with Gasteiger partial charge in [-0.3, -0.25) is 0 Å². The average Bonchev–Trinajstić information content (AvgIpc) is 2.54. The average molecular weight is 299 g/mol. The first-order valence-electron chi connectivity index (χ1n) is 7.72. The maximum absolute atomic E-state index is 11.8. The molecule has 1 amide bonds. The smallest absolute Gasteiger partial charge is 0.409 e. The number of carbonyl (C=O) groups excluding carboxylic acids is 1. The number of aromatic nitrogens is 1. The molecule has 5 nitrogen and oxygen atoms in total. The minimum atomic E-state index is -0.217. The number of para-hydroxylation sites is 1. The number of ether oxygens (including phenoxy) is 1. The Morgan fingerprint density at radius 2 is 1.95 bits per heavy atom. The highest BCUT2D eigenvalue weighted by Crippen LogP contribution is 2.23. The van der Waals surface area contributed by atoms with Crippen LogP contribution in [0.1, 0.15) is 12.5 Å². The summed E-state index contributed by atoms with van der Waals surface area (Å²) in [6.07, 6.45) is -0.217. The van der Waals surface area contributed by atoms with E-state index in [9.17, 15) is 4.79 Å². The number of piperazine rings is 1. The predicted molar refractivity (Wildman–Crippen MR) is 87.3 cm³/mol. The van der Waals surface area contributed by atoms with Gasteiger partial charge in [0.25, 0.3) is 0 Å². The molecule has 5 heteroatoms. The van der Waals surface area contributed by atoms with Crippen molar-refractivity contribution in [3.8, 4) is 0 Å². The number of rotatable bonds is 2. The Balaban J connectivity index is 1.76. The van der Waals surface area contributed by atoms with E-state index in [0.717, 1.165) is 29.8 Å². The maximum Gasteiger partial charge on any atom is 0.409 e. The Morgan fingerprint density at radius 1 is 1.23 bits per heavy atom. The minimum absolute atomic E-state index is 0.217. The van der Waals surface area contributed by atoms with E-state index in [1.54, 1.807) is 4.90 Å². The third kappa shape index (κ3) is 2.84. The quantitative estimate of drug-likeness (QED) is 0.855. The number of aryl methyl sites for hydroxylation is 1. The van der Waals surface area contributed by atoms with Crippen molar-refractivity contribution in [1.82, 2.24) is 9.88 Å². The lowest BCUT2D eigenvalue weighted by Crippen LogP contribution is -2.49. The van der Waals surface area contributed by atoms with Crippen LogP contribution in [0, 0.1) is 6.92 Å². The van der Waals surface area contributed by atoms with E-state index >= 15 is 0 Å². The topological polar surface area (TPSA) is 45.7 Å². The molecule has 3 rings (SSSR count). The number of anilines is 1. The fraction of sp³-hybridized carbons (Fsp3) is 0.412. The van der Waals surface area contributed by atoms with Gasteiger partial charge < -0.3 is 14.5 Å². The van der Waals surface area contributed by atoms with Gasteiger partial charge in [0.1, 0.15) is 5.82 Å². The van der Waals surface area contributed by atoms with Crippen molar-refractivity contribution in [1.29, 1.82) is 0 Å². The molecular formula is C17H21N3O2. The molecule has 0 spiro atoms. The Kier molecular flexibility index (Phi) is 4.13. The van der Waals surface area contributed by atoms with Crippen LogP contribution < -0.4 is 4.90 Å². The molecule has 0 N–H and O–H groups in total. The zero-order valence-electron chi connectivity index (χ0n) is 13.1. The van der Waals surface area contributed by atoms with Gasteiger partial charge in [-0.1, -0.05) is 18.2 Å². The third-order valence-electron chi connectivity index (χ3n) is 3.99. The van der Waals surface area contributed by atoms with Crippen molar-refractivity contribution in [3.05, 3.63) is 35.9 Å². The van der Waals surface area contributed by atoms with Crippen LogP contribution in [0.2, 0.25) is 0 Å². The number of fused-ring (bicyclic) bond motifs is 1.